The zero-order valence-corrected chi connectivity index (χ0v) is 13.9. The van der Waals surface area contributed by atoms with Crippen molar-refractivity contribution in [3.63, 3.8) is 0 Å². The van der Waals surface area contributed by atoms with Crippen LogP contribution in [0.3, 0.4) is 0 Å². The number of likely N-dealkylation sites (tertiary alicyclic amines) is 1. The topological polar surface area (TPSA) is 55.5 Å². The maximum absolute atomic E-state index is 13.1. The molecule has 1 aliphatic heterocycles. The van der Waals surface area contributed by atoms with Crippen LogP contribution >= 0.6 is 0 Å². The Morgan fingerprint density at radius 1 is 1.16 bits per heavy atom. The molecule has 4 rings (SSSR count). The first-order valence-electron chi connectivity index (χ1n) is 8.55. The van der Waals surface area contributed by atoms with Crippen molar-refractivity contribution in [3.8, 4) is 17.0 Å². The number of benzene rings is 1. The minimum Gasteiger partial charge on any atom is -0.494 e. The molecule has 3 aromatic rings. The molecule has 0 amide bonds. The largest absolute Gasteiger partial charge is 0.494 e. The molecule has 1 aliphatic rings. The number of hydrogen-bond donors (Lipinski definition) is 0. The Bertz CT molecular complexity index is 835. The summed E-state index contributed by atoms with van der Waals surface area (Å²) in [5.74, 6) is 0.832. The molecule has 0 radical (unpaired) electrons. The summed E-state index contributed by atoms with van der Waals surface area (Å²) in [6.45, 7) is 2.96. The van der Waals surface area contributed by atoms with Crippen molar-refractivity contribution in [1.29, 1.82) is 0 Å². The van der Waals surface area contributed by atoms with Crippen LogP contribution in [0.1, 0.15) is 12.8 Å². The summed E-state index contributed by atoms with van der Waals surface area (Å²) < 4.78 is 20.5. The van der Waals surface area contributed by atoms with Crippen LogP contribution in [0.15, 0.2) is 42.7 Å². The minimum atomic E-state index is -0.653. The first-order valence-corrected chi connectivity index (χ1v) is 8.55. The van der Waals surface area contributed by atoms with Gasteiger partial charge in [-0.3, -0.25) is 0 Å². The van der Waals surface area contributed by atoms with Gasteiger partial charge in [-0.25, -0.2) is 4.39 Å². The van der Waals surface area contributed by atoms with E-state index in [2.05, 4.69) is 20.2 Å². The van der Waals surface area contributed by atoms with Crippen LogP contribution < -0.4 is 4.74 Å². The zero-order valence-electron chi connectivity index (χ0n) is 13.9. The third-order valence-corrected chi connectivity index (χ3v) is 4.41. The molecule has 1 saturated heterocycles. The Kier molecular flexibility index (Phi) is 4.56. The van der Waals surface area contributed by atoms with Gasteiger partial charge < -0.3 is 9.64 Å². The fourth-order valence-corrected chi connectivity index (χ4v) is 3.07. The van der Waals surface area contributed by atoms with Gasteiger partial charge in [-0.05, 0) is 49.2 Å². The van der Waals surface area contributed by atoms with Crippen LogP contribution in [-0.2, 0) is 0 Å². The van der Waals surface area contributed by atoms with Crippen LogP contribution in [0.4, 0.5) is 4.39 Å². The van der Waals surface area contributed by atoms with Crippen LogP contribution in [0.2, 0.25) is 0 Å². The molecule has 25 heavy (non-hydrogen) atoms. The van der Waals surface area contributed by atoms with E-state index in [4.69, 9.17) is 4.74 Å². The van der Waals surface area contributed by atoms with Gasteiger partial charge in [0.2, 0.25) is 0 Å². The van der Waals surface area contributed by atoms with Gasteiger partial charge in [0.05, 0.1) is 12.3 Å². The Labute approximate surface area is 145 Å². The summed E-state index contributed by atoms with van der Waals surface area (Å²) in [5, 5.41) is 12.3. The second-order valence-electron chi connectivity index (χ2n) is 6.27. The third kappa shape index (κ3) is 3.76. The number of fused-ring (bicyclic) bond motifs is 1. The fraction of sp³-hybridized carbons (Fsp3) is 0.389. The Morgan fingerprint density at radius 2 is 2.04 bits per heavy atom. The van der Waals surface area contributed by atoms with Crippen molar-refractivity contribution < 1.29 is 9.13 Å². The van der Waals surface area contributed by atoms with Crippen molar-refractivity contribution in [2.75, 3.05) is 26.2 Å². The molecule has 2 aromatic heterocycles. The predicted octanol–water partition coefficient (Wildman–Crippen LogP) is 2.60. The van der Waals surface area contributed by atoms with Crippen molar-refractivity contribution >= 4 is 5.65 Å². The average molecular weight is 341 g/mol. The van der Waals surface area contributed by atoms with Crippen LogP contribution in [0.25, 0.3) is 16.9 Å². The molecule has 7 heteroatoms. The second kappa shape index (κ2) is 7.14. The van der Waals surface area contributed by atoms with Gasteiger partial charge in [0, 0.05) is 25.2 Å². The monoisotopic (exact) mass is 341 g/mol. The van der Waals surface area contributed by atoms with Gasteiger partial charge in [-0.15, -0.1) is 10.2 Å². The third-order valence-electron chi connectivity index (χ3n) is 4.41. The van der Waals surface area contributed by atoms with Gasteiger partial charge in [0.15, 0.2) is 5.65 Å². The number of alkyl halides is 1. The summed E-state index contributed by atoms with van der Waals surface area (Å²) in [6.07, 6.45) is 2.50. The molecule has 130 valence electrons. The van der Waals surface area contributed by atoms with Gasteiger partial charge in [-0.1, -0.05) is 0 Å². The van der Waals surface area contributed by atoms with E-state index in [9.17, 15) is 4.39 Å². The van der Waals surface area contributed by atoms with Gasteiger partial charge in [0.25, 0.3) is 0 Å². The summed E-state index contributed by atoms with van der Waals surface area (Å²) in [6, 6.07) is 11.7. The molecule has 1 atom stereocenters. The lowest BCUT2D eigenvalue weighted by Crippen LogP contribution is -2.23. The molecule has 1 unspecified atom stereocenters. The molecule has 0 spiro atoms. The van der Waals surface area contributed by atoms with E-state index >= 15 is 0 Å². The standard InChI is InChI=1S/C18H20FN5O/c19-15-8-10-23(12-15)9-1-11-25-16-4-2-14(3-5-16)17-6-7-18-21-20-13-24(18)22-17/h2-7,13,15H,1,8-12H2. The van der Waals surface area contributed by atoms with E-state index in [1.807, 2.05) is 36.4 Å². The Hall–Kier alpha value is -2.54. The van der Waals surface area contributed by atoms with Crippen molar-refractivity contribution in [2.45, 2.75) is 19.0 Å². The first kappa shape index (κ1) is 16.0. The molecular formula is C18H20FN5O. The lowest BCUT2D eigenvalue weighted by Gasteiger charge is -2.14. The summed E-state index contributed by atoms with van der Waals surface area (Å²) >= 11 is 0. The minimum absolute atomic E-state index is 0.568. The van der Waals surface area contributed by atoms with Crippen molar-refractivity contribution in [2.24, 2.45) is 0 Å². The SMILES string of the molecule is FC1CCN(CCCOc2ccc(-c3ccc4nncn4n3)cc2)C1. The van der Waals surface area contributed by atoms with E-state index in [0.29, 0.717) is 19.6 Å². The van der Waals surface area contributed by atoms with Gasteiger partial charge in [-0.2, -0.15) is 9.61 Å². The van der Waals surface area contributed by atoms with E-state index in [1.54, 1.807) is 10.8 Å². The summed E-state index contributed by atoms with van der Waals surface area (Å²) in [4.78, 5) is 2.16. The van der Waals surface area contributed by atoms with E-state index < -0.39 is 6.17 Å². The molecule has 0 N–H and O–H groups in total. The normalized spacial score (nSPS) is 18.0. The Balaban J connectivity index is 1.30. The lowest BCUT2D eigenvalue weighted by molar-refractivity contribution is 0.248. The predicted molar refractivity (Wildman–Crippen MR) is 92.3 cm³/mol. The molecule has 0 aliphatic carbocycles. The molecule has 6 nitrogen and oxygen atoms in total. The molecular weight excluding hydrogens is 321 g/mol. The van der Waals surface area contributed by atoms with Crippen LogP contribution in [-0.4, -0.2) is 57.1 Å². The van der Waals surface area contributed by atoms with E-state index in [0.717, 1.165) is 42.2 Å². The molecule has 1 fully saturated rings. The smallest absolute Gasteiger partial charge is 0.177 e. The number of aromatic nitrogens is 4. The molecule has 0 saturated carbocycles. The fourth-order valence-electron chi connectivity index (χ4n) is 3.07. The molecule has 0 bridgehead atoms. The Morgan fingerprint density at radius 3 is 2.84 bits per heavy atom. The van der Waals surface area contributed by atoms with Crippen LogP contribution in [0, 0.1) is 0 Å². The van der Waals surface area contributed by atoms with Crippen LogP contribution in [0.5, 0.6) is 5.75 Å². The average Bonchev–Trinajstić information content (AvgIpc) is 3.27. The number of rotatable bonds is 6. The highest BCUT2D eigenvalue weighted by Gasteiger charge is 2.20. The van der Waals surface area contributed by atoms with Crippen molar-refractivity contribution in [1.82, 2.24) is 24.7 Å². The first-order chi connectivity index (χ1) is 12.3. The quantitative estimate of drug-likeness (QED) is 0.645. The number of nitrogens with zero attached hydrogens (tertiary/aromatic N) is 5. The van der Waals surface area contributed by atoms with E-state index in [1.165, 1.54) is 0 Å². The second-order valence-corrected chi connectivity index (χ2v) is 6.27. The zero-order chi connectivity index (χ0) is 17.1. The van der Waals surface area contributed by atoms with E-state index in [-0.39, 0.29) is 0 Å². The maximum atomic E-state index is 13.1. The highest BCUT2D eigenvalue weighted by Crippen LogP contribution is 2.21. The van der Waals surface area contributed by atoms with Crippen molar-refractivity contribution in [3.05, 3.63) is 42.7 Å². The molecule has 3 heterocycles. The summed E-state index contributed by atoms with van der Waals surface area (Å²) in [5.41, 5.74) is 2.59. The number of hydrogen-bond acceptors (Lipinski definition) is 5. The highest BCUT2D eigenvalue weighted by atomic mass is 19.1. The number of ether oxygens (including phenoxy) is 1. The van der Waals surface area contributed by atoms with Gasteiger partial charge >= 0.3 is 0 Å². The van der Waals surface area contributed by atoms with Gasteiger partial charge in [0.1, 0.15) is 18.2 Å². The number of halogens is 1. The summed E-state index contributed by atoms with van der Waals surface area (Å²) in [7, 11) is 0. The lowest BCUT2D eigenvalue weighted by atomic mass is 10.1. The highest BCUT2D eigenvalue weighted by molar-refractivity contribution is 5.60. The molecule has 1 aromatic carbocycles. The maximum Gasteiger partial charge on any atom is 0.177 e.